The van der Waals surface area contributed by atoms with Crippen molar-refractivity contribution in [3.8, 4) is 0 Å². The minimum atomic E-state index is -1.17. The summed E-state index contributed by atoms with van der Waals surface area (Å²) in [5, 5.41) is 28.0. The lowest BCUT2D eigenvalue weighted by Crippen LogP contribution is -2.34. The topological polar surface area (TPSA) is 128 Å². The number of rotatable bonds is 4. The second-order valence-corrected chi connectivity index (χ2v) is 4.63. The van der Waals surface area contributed by atoms with Gasteiger partial charge in [-0.25, -0.2) is 4.98 Å². The zero-order valence-corrected chi connectivity index (χ0v) is 10.0. The summed E-state index contributed by atoms with van der Waals surface area (Å²) in [5.41, 5.74) is -0.557. The van der Waals surface area contributed by atoms with Crippen LogP contribution >= 0.6 is 11.9 Å². The predicted octanol–water partition coefficient (Wildman–Crippen LogP) is -1.77. The first-order valence-corrected chi connectivity index (χ1v) is 6.08. The van der Waals surface area contributed by atoms with Crippen molar-refractivity contribution >= 4 is 17.9 Å². The minimum Gasteiger partial charge on any atom is -0.394 e. The molecule has 4 atom stereocenters. The van der Waals surface area contributed by atoms with Gasteiger partial charge in [0.15, 0.2) is 5.44 Å². The smallest absolute Gasteiger partial charge is 0.279 e. The Morgan fingerprint density at radius 2 is 2.33 bits per heavy atom. The molecule has 8 nitrogen and oxygen atoms in total. The van der Waals surface area contributed by atoms with Crippen LogP contribution in [0.5, 0.6) is 0 Å². The van der Waals surface area contributed by atoms with Crippen LogP contribution in [0.3, 0.4) is 0 Å². The first-order chi connectivity index (χ1) is 8.63. The van der Waals surface area contributed by atoms with Gasteiger partial charge in [0.2, 0.25) is 0 Å². The number of hydrogen-bond donors (Lipinski definition) is 5. The van der Waals surface area contributed by atoms with Crippen LogP contribution in [0.4, 0.5) is 0 Å². The van der Waals surface area contributed by atoms with Crippen molar-refractivity contribution in [1.29, 1.82) is 0 Å². The normalized spacial score (nSPS) is 31.5. The molecule has 1 aromatic heterocycles. The van der Waals surface area contributed by atoms with E-state index >= 15 is 0 Å². The van der Waals surface area contributed by atoms with Crippen molar-refractivity contribution in [3.05, 3.63) is 18.2 Å². The minimum absolute atomic E-state index is 0.272. The Bertz CT molecular complexity index is 401. The summed E-state index contributed by atoms with van der Waals surface area (Å²) in [6.07, 6.45) is -0.466. The van der Waals surface area contributed by atoms with Crippen molar-refractivity contribution in [3.63, 3.8) is 0 Å². The fraction of sp³-hybridized carbons (Fsp3) is 0.556. The maximum absolute atomic E-state index is 11.5. The van der Waals surface area contributed by atoms with Gasteiger partial charge in [-0.05, 0) is 11.9 Å². The maximum Gasteiger partial charge on any atom is 0.279 e. The molecule has 0 bridgehead atoms. The second-order valence-electron chi connectivity index (χ2n) is 3.72. The molecule has 100 valence electrons. The van der Waals surface area contributed by atoms with Gasteiger partial charge < -0.3 is 25.0 Å². The number of imidazole rings is 1. The fourth-order valence-corrected chi connectivity index (χ4v) is 2.34. The first-order valence-electron chi connectivity index (χ1n) is 5.20. The van der Waals surface area contributed by atoms with Crippen LogP contribution in [-0.2, 0) is 4.74 Å². The summed E-state index contributed by atoms with van der Waals surface area (Å²) in [5.74, 6) is -0.421. The number of aliphatic hydroxyl groups is 3. The highest BCUT2D eigenvalue weighted by molar-refractivity contribution is 7.98. The van der Waals surface area contributed by atoms with E-state index in [1.807, 2.05) is 0 Å². The lowest BCUT2D eigenvalue weighted by atomic mass is 10.2. The average Bonchev–Trinajstić information content (AvgIpc) is 2.98. The van der Waals surface area contributed by atoms with Crippen molar-refractivity contribution in [2.45, 2.75) is 23.7 Å². The van der Waals surface area contributed by atoms with Gasteiger partial charge in [0.05, 0.1) is 19.1 Å². The van der Waals surface area contributed by atoms with Gasteiger partial charge in [-0.15, -0.1) is 0 Å². The monoisotopic (exact) mass is 275 g/mol. The molecule has 1 aromatic rings. The molecule has 1 saturated heterocycles. The van der Waals surface area contributed by atoms with E-state index in [4.69, 9.17) is 9.84 Å². The van der Waals surface area contributed by atoms with Crippen LogP contribution < -0.4 is 4.72 Å². The van der Waals surface area contributed by atoms with Gasteiger partial charge in [0, 0.05) is 0 Å². The van der Waals surface area contributed by atoms with Crippen molar-refractivity contribution < 1.29 is 24.9 Å². The Labute approximate surface area is 107 Å². The summed E-state index contributed by atoms with van der Waals surface area (Å²) in [4.78, 5) is 17.9. The van der Waals surface area contributed by atoms with Gasteiger partial charge in [-0.2, -0.15) is 0 Å². The van der Waals surface area contributed by atoms with Crippen molar-refractivity contribution in [2.24, 2.45) is 0 Å². The van der Waals surface area contributed by atoms with Gasteiger partial charge in [0.1, 0.15) is 24.0 Å². The molecule has 1 aliphatic rings. The van der Waals surface area contributed by atoms with Gasteiger partial charge >= 0.3 is 0 Å². The molecule has 2 heterocycles. The number of carbonyl (C=O) groups excluding carboxylic acids is 1. The zero-order valence-electron chi connectivity index (χ0n) is 9.18. The highest BCUT2D eigenvalue weighted by atomic mass is 32.2. The Morgan fingerprint density at radius 1 is 1.56 bits per heavy atom. The third-order valence-electron chi connectivity index (χ3n) is 2.51. The molecule has 0 saturated carbocycles. The van der Waals surface area contributed by atoms with E-state index in [2.05, 4.69) is 14.7 Å². The van der Waals surface area contributed by atoms with Gasteiger partial charge in [0.25, 0.3) is 5.91 Å². The van der Waals surface area contributed by atoms with Crippen LogP contribution in [0.1, 0.15) is 10.5 Å². The highest BCUT2D eigenvalue weighted by Crippen LogP contribution is 2.27. The molecule has 9 heteroatoms. The lowest BCUT2D eigenvalue weighted by molar-refractivity contribution is -0.00812. The number of nitrogens with one attached hydrogen (secondary N) is 2. The fourth-order valence-electron chi connectivity index (χ4n) is 1.51. The van der Waals surface area contributed by atoms with E-state index in [9.17, 15) is 15.0 Å². The van der Waals surface area contributed by atoms with Gasteiger partial charge in [-0.3, -0.25) is 9.52 Å². The number of aliphatic hydroxyl groups excluding tert-OH is 3. The standard InChI is InChI=1S/C9H13N3O5S/c13-2-5-6(14)7(15)9(17-5)18-12-8(16)4-1-10-3-11-4/h1,3,5-7,9,13-15H,2H2,(H,10,11)(H,12,16)/t5-,6-,7-,9+/m1/s1. The first kappa shape index (κ1) is 13.3. The number of ether oxygens (including phenoxy) is 1. The SMILES string of the molecule is O=C(NS[C@@H]1O[C@H](CO)[C@@H](O)[C@H]1O)c1cnc[nH]1. The Hall–Kier alpha value is -1.13. The Morgan fingerprint density at radius 3 is 2.89 bits per heavy atom. The number of aromatic amines is 1. The van der Waals surface area contributed by atoms with Gasteiger partial charge in [-0.1, -0.05) is 0 Å². The van der Waals surface area contributed by atoms with Crippen LogP contribution in [0.25, 0.3) is 0 Å². The summed E-state index contributed by atoms with van der Waals surface area (Å²) >= 11 is 0.831. The summed E-state index contributed by atoms with van der Waals surface area (Å²) in [6, 6.07) is 0. The highest BCUT2D eigenvalue weighted by Gasteiger charge is 2.43. The van der Waals surface area contributed by atoms with Crippen LogP contribution in [0.2, 0.25) is 0 Å². The van der Waals surface area contributed by atoms with E-state index < -0.39 is 36.3 Å². The molecule has 0 spiro atoms. The second kappa shape index (κ2) is 5.67. The molecular formula is C9H13N3O5S. The molecule has 5 N–H and O–H groups in total. The number of nitrogens with zero attached hydrogens (tertiary/aromatic N) is 1. The lowest BCUT2D eigenvalue weighted by Gasteiger charge is -2.13. The van der Waals surface area contributed by atoms with Crippen LogP contribution in [0.15, 0.2) is 12.5 Å². The predicted molar refractivity (Wildman–Crippen MR) is 61.4 cm³/mol. The van der Waals surface area contributed by atoms with Crippen molar-refractivity contribution in [2.75, 3.05) is 6.61 Å². The van der Waals surface area contributed by atoms with Crippen LogP contribution in [-0.4, -0.2) is 61.5 Å². The van der Waals surface area contributed by atoms with E-state index in [-0.39, 0.29) is 5.69 Å². The van der Waals surface area contributed by atoms with E-state index in [1.54, 1.807) is 0 Å². The third kappa shape index (κ3) is 2.65. The van der Waals surface area contributed by atoms with E-state index in [0.29, 0.717) is 0 Å². The Balaban J connectivity index is 1.86. The number of aromatic nitrogens is 2. The Kier molecular flexibility index (Phi) is 4.19. The molecule has 1 fully saturated rings. The van der Waals surface area contributed by atoms with Crippen molar-refractivity contribution in [1.82, 2.24) is 14.7 Å². The molecule has 1 amide bonds. The molecule has 0 aromatic carbocycles. The molecule has 1 aliphatic heterocycles. The summed E-state index contributed by atoms with van der Waals surface area (Å²) in [6.45, 7) is -0.399. The largest absolute Gasteiger partial charge is 0.394 e. The molecule has 0 radical (unpaired) electrons. The van der Waals surface area contributed by atoms with E-state index in [0.717, 1.165) is 11.9 Å². The number of amides is 1. The number of H-pyrrole nitrogens is 1. The molecule has 0 unspecified atom stereocenters. The van der Waals surface area contributed by atoms with E-state index in [1.165, 1.54) is 12.5 Å². The molecule has 2 rings (SSSR count). The molecule has 0 aliphatic carbocycles. The summed E-state index contributed by atoms with van der Waals surface area (Å²) in [7, 11) is 0. The number of hydrogen-bond acceptors (Lipinski definition) is 7. The molecule has 18 heavy (non-hydrogen) atoms. The number of carbonyl (C=O) groups is 1. The van der Waals surface area contributed by atoms with Crippen LogP contribution in [0, 0.1) is 0 Å². The zero-order chi connectivity index (χ0) is 13.1. The maximum atomic E-state index is 11.5. The third-order valence-corrected chi connectivity index (χ3v) is 3.43. The quantitative estimate of drug-likeness (QED) is 0.411. The average molecular weight is 275 g/mol. The summed E-state index contributed by atoms with van der Waals surface area (Å²) < 4.78 is 7.63. The molecular weight excluding hydrogens is 262 g/mol.